The van der Waals surface area contributed by atoms with Gasteiger partial charge in [-0.3, -0.25) is 10.1 Å². The van der Waals surface area contributed by atoms with E-state index >= 15 is 0 Å². The van der Waals surface area contributed by atoms with E-state index in [1.165, 1.54) is 5.56 Å². The number of aromatic carboxylic acids is 1. The fraction of sp³-hybridized carbons (Fsp3) is 0.275. The smallest absolute Gasteiger partial charge is 0.412 e. The fourth-order valence-electron chi connectivity index (χ4n) is 6.07. The standard InChI is InChI=1S/C40H42N4O6S/c1-27-32-26-31(18-19-35(32)49-36(27)38(46)47)51-44(21-20-28-10-6-5-7-11-28)34-13-9-8-12-33(34)42-22-24-43(25-23-42)37(45)29-14-16-30(17-15-29)41-39(48)50-40(2,3)4/h5-19,26H,20-25H2,1-4H3,(H,41,48)(H,46,47). The first-order valence-electron chi connectivity index (χ1n) is 16.9. The third-order valence-electron chi connectivity index (χ3n) is 8.60. The Bertz CT molecular complexity index is 2010. The molecule has 11 heteroatoms. The second-order valence-corrected chi connectivity index (χ2v) is 14.5. The Morgan fingerprint density at radius 1 is 0.902 bits per heavy atom. The molecule has 264 valence electrons. The van der Waals surface area contributed by atoms with Gasteiger partial charge in [0.1, 0.15) is 11.2 Å². The highest BCUT2D eigenvalue weighted by atomic mass is 32.2. The van der Waals surface area contributed by atoms with Crippen molar-refractivity contribution in [2.24, 2.45) is 0 Å². The van der Waals surface area contributed by atoms with Crippen LogP contribution in [0.1, 0.15) is 52.8 Å². The molecule has 2 N–H and O–H groups in total. The summed E-state index contributed by atoms with van der Waals surface area (Å²) in [5, 5.41) is 13.1. The van der Waals surface area contributed by atoms with Crippen molar-refractivity contribution in [3.05, 3.63) is 120 Å². The van der Waals surface area contributed by atoms with Crippen molar-refractivity contribution in [2.45, 2.75) is 44.6 Å². The number of hydrogen-bond donors (Lipinski definition) is 2. The van der Waals surface area contributed by atoms with Gasteiger partial charge in [-0.1, -0.05) is 42.5 Å². The summed E-state index contributed by atoms with van der Waals surface area (Å²) in [6, 6.07) is 31.4. The second kappa shape index (κ2) is 15.2. The minimum atomic E-state index is -1.08. The topological polar surface area (TPSA) is 116 Å². The van der Waals surface area contributed by atoms with Gasteiger partial charge >= 0.3 is 12.1 Å². The van der Waals surface area contributed by atoms with Gasteiger partial charge in [-0.15, -0.1) is 0 Å². The number of nitrogens with one attached hydrogen (secondary N) is 1. The quantitative estimate of drug-likeness (QED) is 0.138. The number of anilines is 3. The Balaban J connectivity index is 1.17. The molecule has 1 aliphatic heterocycles. The monoisotopic (exact) mass is 706 g/mol. The molecule has 1 fully saturated rings. The summed E-state index contributed by atoms with van der Waals surface area (Å²) < 4.78 is 13.2. The number of nitrogens with zero attached hydrogens (tertiary/aromatic N) is 3. The molecule has 1 saturated heterocycles. The lowest BCUT2D eigenvalue weighted by atomic mass is 10.1. The third kappa shape index (κ3) is 8.67. The molecule has 0 atom stereocenters. The number of hydrogen-bond acceptors (Lipinski definition) is 8. The molecule has 0 spiro atoms. The highest BCUT2D eigenvalue weighted by Gasteiger charge is 2.26. The van der Waals surface area contributed by atoms with Gasteiger partial charge in [0.2, 0.25) is 5.76 Å². The maximum atomic E-state index is 13.5. The highest BCUT2D eigenvalue weighted by Crippen LogP contribution is 2.38. The molecule has 1 aliphatic rings. The van der Waals surface area contributed by atoms with E-state index in [4.69, 9.17) is 9.15 Å². The Morgan fingerprint density at radius 2 is 1.59 bits per heavy atom. The van der Waals surface area contributed by atoms with Crippen molar-refractivity contribution in [3.63, 3.8) is 0 Å². The number of carbonyl (C=O) groups excluding carboxylic acids is 2. The van der Waals surface area contributed by atoms with Crippen LogP contribution < -0.4 is 14.5 Å². The van der Waals surface area contributed by atoms with Gasteiger partial charge < -0.3 is 28.4 Å². The maximum Gasteiger partial charge on any atom is 0.412 e. The lowest BCUT2D eigenvalue weighted by molar-refractivity contribution is 0.0632. The molecule has 0 aliphatic carbocycles. The van der Waals surface area contributed by atoms with Gasteiger partial charge in [0, 0.05) is 59.8 Å². The van der Waals surface area contributed by atoms with Crippen molar-refractivity contribution in [1.82, 2.24) is 4.90 Å². The number of carboxylic acid groups (broad SMARTS) is 1. The SMILES string of the molecule is Cc1c(C(=O)O)oc2ccc(SN(CCc3ccccc3)c3ccccc3N3CCN(C(=O)c4ccc(NC(=O)OC(C)(C)C)cc4)CC3)cc12. The zero-order chi connectivity index (χ0) is 36.1. The van der Waals surface area contributed by atoms with Gasteiger partial charge in [-0.05, 0) is 106 Å². The average Bonchev–Trinajstić information content (AvgIpc) is 3.45. The zero-order valence-corrected chi connectivity index (χ0v) is 30.0. The van der Waals surface area contributed by atoms with Crippen LogP contribution in [0.25, 0.3) is 11.0 Å². The van der Waals surface area contributed by atoms with E-state index in [2.05, 4.69) is 38.8 Å². The predicted octanol–water partition coefficient (Wildman–Crippen LogP) is 8.51. The molecule has 2 heterocycles. The van der Waals surface area contributed by atoms with Crippen LogP contribution in [-0.2, 0) is 11.2 Å². The van der Waals surface area contributed by atoms with Crippen molar-refractivity contribution in [3.8, 4) is 0 Å². The number of fused-ring (bicyclic) bond motifs is 1. The molecule has 1 aromatic heterocycles. The van der Waals surface area contributed by atoms with E-state index in [1.807, 2.05) is 53.4 Å². The van der Waals surface area contributed by atoms with Crippen LogP contribution in [0, 0.1) is 6.92 Å². The van der Waals surface area contributed by atoms with Crippen LogP contribution in [0.5, 0.6) is 0 Å². The number of carboxylic acids is 1. The minimum Gasteiger partial charge on any atom is -0.475 e. The molecule has 51 heavy (non-hydrogen) atoms. The molecule has 4 aromatic carbocycles. The molecule has 0 bridgehead atoms. The minimum absolute atomic E-state index is 0.0386. The van der Waals surface area contributed by atoms with E-state index in [0.29, 0.717) is 48.6 Å². The van der Waals surface area contributed by atoms with Crippen LogP contribution in [0.4, 0.5) is 21.9 Å². The largest absolute Gasteiger partial charge is 0.475 e. The number of amides is 2. The van der Waals surface area contributed by atoms with Crippen LogP contribution in [-0.4, -0.2) is 66.3 Å². The summed E-state index contributed by atoms with van der Waals surface area (Å²) >= 11 is 1.61. The molecule has 10 nitrogen and oxygen atoms in total. The Hall–Kier alpha value is -5.42. The van der Waals surface area contributed by atoms with Crippen molar-refractivity contribution >= 4 is 57.9 Å². The number of furan rings is 1. The number of rotatable bonds is 10. The Morgan fingerprint density at radius 3 is 2.27 bits per heavy atom. The molecule has 2 amide bonds. The van der Waals surface area contributed by atoms with E-state index in [1.54, 1.807) is 63.9 Å². The normalized spacial score (nSPS) is 13.3. The zero-order valence-electron chi connectivity index (χ0n) is 29.2. The van der Waals surface area contributed by atoms with Crippen molar-refractivity contribution < 1.29 is 28.6 Å². The van der Waals surface area contributed by atoms with Gasteiger partial charge in [-0.2, -0.15) is 0 Å². The van der Waals surface area contributed by atoms with Gasteiger partial charge in [-0.25, -0.2) is 9.59 Å². The van der Waals surface area contributed by atoms with E-state index in [9.17, 15) is 19.5 Å². The van der Waals surface area contributed by atoms with Crippen molar-refractivity contribution in [1.29, 1.82) is 0 Å². The molecule has 5 aromatic rings. The van der Waals surface area contributed by atoms with Crippen LogP contribution in [0.2, 0.25) is 0 Å². The lowest BCUT2D eigenvalue weighted by Crippen LogP contribution is -2.49. The summed E-state index contributed by atoms with van der Waals surface area (Å²) in [7, 11) is 0. The van der Waals surface area contributed by atoms with Gasteiger partial charge in [0.15, 0.2) is 0 Å². The molecule has 0 radical (unpaired) electrons. The first kappa shape index (κ1) is 35.4. The van der Waals surface area contributed by atoms with E-state index < -0.39 is 17.7 Å². The summed E-state index contributed by atoms with van der Waals surface area (Å²) in [6.07, 6.45) is 0.283. The molecular formula is C40H42N4O6S. The Kier molecular flexibility index (Phi) is 10.6. The summed E-state index contributed by atoms with van der Waals surface area (Å²) in [6.45, 7) is 10.4. The molecule has 0 saturated carbocycles. The van der Waals surface area contributed by atoms with Crippen molar-refractivity contribution in [2.75, 3.05) is 47.2 Å². The number of carbonyl (C=O) groups is 3. The maximum absolute atomic E-state index is 13.5. The molecule has 0 unspecified atom stereocenters. The molecule has 6 rings (SSSR count). The lowest BCUT2D eigenvalue weighted by Gasteiger charge is -2.38. The van der Waals surface area contributed by atoms with Gasteiger partial charge in [0.25, 0.3) is 5.91 Å². The van der Waals surface area contributed by atoms with E-state index in [-0.39, 0.29) is 11.7 Å². The highest BCUT2D eigenvalue weighted by molar-refractivity contribution is 8.00. The summed E-state index contributed by atoms with van der Waals surface area (Å²) in [5.41, 5.74) is 5.03. The second-order valence-electron chi connectivity index (χ2n) is 13.4. The fourth-order valence-corrected chi connectivity index (χ4v) is 7.06. The molecular weight excluding hydrogens is 665 g/mol. The number of piperazine rings is 1. The van der Waals surface area contributed by atoms with E-state index in [0.717, 1.165) is 34.6 Å². The number of ether oxygens (including phenoxy) is 1. The van der Waals surface area contributed by atoms with Crippen LogP contribution in [0.15, 0.2) is 106 Å². The predicted molar refractivity (Wildman–Crippen MR) is 202 cm³/mol. The number of aryl methyl sites for hydroxylation is 1. The first-order chi connectivity index (χ1) is 24.4. The first-order valence-corrected chi connectivity index (χ1v) is 17.7. The van der Waals surface area contributed by atoms with Gasteiger partial charge in [0.05, 0.1) is 11.4 Å². The average molecular weight is 707 g/mol. The summed E-state index contributed by atoms with van der Waals surface area (Å²) in [5.74, 6) is -1.17. The van der Waals surface area contributed by atoms with Crippen LogP contribution in [0.3, 0.4) is 0 Å². The number of benzene rings is 4. The van der Waals surface area contributed by atoms with Crippen LogP contribution >= 0.6 is 11.9 Å². The summed E-state index contributed by atoms with van der Waals surface area (Å²) in [4.78, 5) is 42.5. The number of para-hydroxylation sites is 2. The Labute approximate surface area is 302 Å². The third-order valence-corrected chi connectivity index (χ3v) is 9.66.